The Labute approximate surface area is 141 Å². The van der Waals surface area contributed by atoms with Crippen LogP contribution in [-0.4, -0.2) is 20.1 Å². The first-order valence-corrected chi connectivity index (χ1v) is 8.14. The van der Waals surface area contributed by atoms with Crippen LogP contribution in [-0.2, 0) is 6.54 Å². The lowest BCUT2D eigenvalue weighted by molar-refractivity contribution is 0.101. The fourth-order valence-electron chi connectivity index (χ4n) is 2.49. The molecule has 2 heterocycles. The van der Waals surface area contributed by atoms with E-state index in [2.05, 4.69) is 14.8 Å². The smallest absolute Gasteiger partial charge is 0.280 e. The molecule has 24 heavy (non-hydrogen) atoms. The lowest BCUT2D eigenvalue weighted by Crippen LogP contribution is -2.27. The van der Waals surface area contributed by atoms with Crippen LogP contribution >= 0.6 is 11.5 Å². The molecule has 1 N–H and O–H groups in total. The van der Waals surface area contributed by atoms with E-state index in [1.165, 1.54) is 28.3 Å². The molecule has 0 spiro atoms. The number of rotatable bonds is 3. The molecular formula is C16H15FN4O2S. The van der Waals surface area contributed by atoms with Crippen LogP contribution in [0.2, 0.25) is 0 Å². The topological polar surface area (TPSA) is 76.9 Å². The van der Waals surface area contributed by atoms with Crippen molar-refractivity contribution in [1.29, 1.82) is 0 Å². The summed E-state index contributed by atoms with van der Waals surface area (Å²) in [4.78, 5) is 25.9. The maximum atomic E-state index is 13.5. The summed E-state index contributed by atoms with van der Waals surface area (Å²) in [5, 5.41) is 6.96. The molecule has 0 fully saturated rings. The van der Waals surface area contributed by atoms with Crippen molar-refractivity contribution < 1.29 is 9.18 Å². The monoisotopic (exact) mass is 346 g/mol. The second-order valence-corrected chi connectivity index (χ2v) is 6.29. The van der Waals surface area contributed by atoms with Gasteiger partial charge in [-0.3, -0.25) is 14.3 Å². The van der Waals surface area contributed by atoms with Crippen molar-refractivity contribution in [3.63, 3.8) is 0 Å². The van der Waals surface area contributed by atoms with Crippen LogP contribution in [0, 0.1) is 19.7 Å². The Bertz CT molecular complexity index is 990. The molecule has 6 nitrogen and oxygen atoms in total. The average molecular weight is 346 g/mol. The molecule has 0 aliphatic heterocycles. The molecule has 1 amide bonds. The number of aromatic nitrogens is 3. The predicted octanol–water partition coefficient (Wildman–Crippen LogP) is 2.88. The maximum Gasteiger partial charge on any atom is 0.280 e. The molecule has 0 radical (unpaired) electrons. The van der Waals surface area contributed by atoms with Crippen LogP contribution in [0.15, 0.2) is 23.0 Å². The summed E-state index contributed by atoms with van der Waals surface area (Å²) in [6.45, 7) is 5.88. The van der Waals surface area contributed by atoms with Crippen molar-refractivity contribution in [2.24, 2.45) is 0 Å². The Balaban J connectivity index is 2.14. The molecule has 0 aliphatic carbocycles. The number of fused-ring (bicyclic) bond motifs is 1. The van der Waals surface area contributed by atoms with Crippen molar-refractivity contribution in [3.05, 3.63) is 50.5 Å². The van der Waals surface area contributed by atoms with E-state index in [4.69, 9.17) is 0 Å². The molecule has 0 unspecified atom stereocenters. The highest BCUT2D eigenvalue weighted by atomic mass is 32.1. The van der Waals surface area contributed by atoms with E-state index in [0.29, 0.717) is 23.4 Å². The van der Waals surface area contributed by atoms with Gasteiger partial charge < -0.3 is 5.32 Å². The highest BCUT2D eigenvalue weighted by Gasteiger charge is 2.20. The number of halogens is 1. The van der Waals surface area contributed by atoms with Gasteiger partial charge in [0, 0.05) is 11.4 Å². The summed E-state index contributed by atoms with van der Waals surface area (Å²) in [6, 6.07) is 3.88. The molecule has 0 saturated carbocycles. The zero-order valence-corrected chi connectivity index (χ0v) is 14.2. The van der Waals surface area contributed by atoms with Crippen LogP contribution in [0.5, 0.6) is 0 Å². The zero-order valence-electron chi connectivity index (χ0n) is 13.4. The molecular weight excluding hydrogens is 331 g/mol. The molecule has 0 saturated heterocycles. The van der Waals surface area contributed by atoms with Crippen molar-refractivity contribution in [2.45, 2.75) is 27.3 Å². The standard InChI is InChI=1S/C16H15FN4O2S/c1-4-21-12-6-5-10(17)7-11(12)15(22)14(19-21)16(23)18-13-8(2)20-24-9(13)3/h5-7H,4H2,1-3H3,(H,18,23). The number of aryl methyl sites for hydroxylation is 3. The number of anilines is 1. The Morgan fingerprint density at radius 1 is 1.38 bits per heavy atom. The number of amides is 1. The van der Waals surface area contributed by atoms with Gasteiger partial charge in [0.1, 0.15) is 5.82 Å². The minimum atomic E-state index is -0.625. The van der Waals surface area contributed by atoms with Gasteiger partial charge in [-0.25, -0.2) is 4.39 Å². The number of hydrogen-bond acceptors (Lipinski definition) is 5. The maximum absolute atomic E-state index is 13.5. The van der Waals surface area contributed by atoms with Crippen molar-refractivity contribution >= 4 is 34.0 Å². The minimum Gasteiger partial charge on any atom is -0.318 e. The molecule has 0 atom stereocenters. The van der Waals surface area contributed by atoms with Crippen LogP contribution in [0.3, 0.4) is 0 Å². The summed E-state index contributed by atoms with van der Waals surface area (Å²) < 4.78 is 19.2. The van der Waals surface area contributed by atoms with Crippen molar-refractivity contribution in [3.8, 4) is 0 Å². The second-order valence-electron chi connectivity index (χ2n) is 5.31. The first-order valence-electron chi connectivity index (χ1n) is 7.37. The zero-order chi connectivity index (χ0) is 17.4. The van der Waals surface area contributed by atoms with Gasteiger partial charge in [0.2, 0.25) is 5.43 Å². The quantitative estimate of drug-likeness (QED) is 0.791. The first-order chi connectivity index (χ1) is 11.4. The molecule has 3 aromatic rings. The number of benzene rings is 1. The molecule has 0 bridgehead atoms. The predicted molar refractivity (Wildman–Crippen MR) is 91.2 cm³/mol. The van der Waals surface area contributed by atoms with E-state index in [1.54, 1.807) is 6.92 Å². The second kappa shape index (κ2) is 6.12. The van der Waals surface area contributed by atoms with Gasteiger partial charge in [0.15, 0.2) is 5.69 Å². The van der Waals surface area contributed by atoms with Crippen LogP contribution in [0.1, 0.15) is 28.0 Å². The lowest BCUT2D eigenvalue weighted by Gasteiger charge is -2.10. The number of nitrogens with one attached hydrogen (secondary N) is 1. The van der Waals surface area contributed by atoms with Crippen LogP contribution < -0.4 is 10.7 Å². The Morgan fingerprint density at radius 2 is 2.12 bits per heavy atom. The Hall–Kier alpha value is -2.61. The van der Waals surface area contributed by atoms with Gasteiger partial charge in [0.05, 0.1) is 22.3 Å². The minimum absolute atomic E-state index is 0.133. The third kappa shape index (κ3) is 2.69. The van der Waals surface area contributed by atoms with E-state index in [-0.39, 0.29) is 11.1 Å². The largest absolute Gasteiger partial charge is 0.318 e. The SMILES string of the molecule is CCn1nc(C(=O)Nc2c(C)nsc2C)c(=O)c2cc(F)ccc21. The van der Waals surface area contributed by atoms with Gasteiger partial charge in [-0.1, -0.05) is 0 Å². The van der Waals surface area contributed by atoms with Gasteiger partial charge in [-0.05, 0) is 50.5 Å². The van der Waals surface area contributed by atoms with Gasteiger partial charge >= 0.3 is 0 Å². The molecule has 1 aromatic carbocycles. The highest BCUT2D eigenvalue weighted by Crippen LogP contribution is 2.23. The van der Waals surface area contributed by atoms with E-state index in [1.807, 2.05) is 13.8 Å². The fraction of sp³-hybridized carbons (Fsp3) is 0.250. The van der Waals surface area contributed by atoms with E-state index < -0.39 is 17.2 Å². The Morgan fingerprint density at radius 3 is 2.75 bits per heavy atom. The first kappa shape index (κ1) is 16.3. The number of carbonyl (C=O) groups excluding carboxylic acids is 1. The van der Waals surface area contributed by atoms with Crippen LogP contribution in [0.4, 0.5) is 10.1 Å². The molecule has 0 aliphatic rings. The number of nitrogens with zero attached hydrogens (tertiary/aromatic N) is 3. The van der Waals surface area contributed by atoms with Gasteiger partial charge in [-0.2, -0.15) is 9.47 Å². The third-order valence-corrected chi connectivity index (χ3v) is 4.55. The average Bonchev–Trinajstić information content (AvgIpc) is 2.87. The van der Waals surface area contributed by atoms with Crippen molar-refractivity contribution in [1.82, 2.24) is 14.2 Å². The van der Waals surface area contributed by atoms with Crippen molar-refractivity contribution in [2.75, 3.05) is 5.32 Å². The molecule has 124 valence electrons. The van der Waals surface area contributed by atoms with E-state index >= 15 is 0 Å². The normalized spacial score (nSPS) is 11.0. The summed E-state index contributed by atoms with van der Waals surface area (Å²) in [5.41, 5.74) is 0.886. The van der Waals surface area contributed by atoms with Gasteiger partial charge in [0.25, 0.3) is 5.91 Å². The number of hydrogen-bond donors (Lipinski definition) is 1. The van der Waals surface area contributed by atoms with Crippen LogP contribution in [0.25, 0.3) is 10.9 Å². The molecule has 8 heteroatoms. The Kier molecular flexibility index (Phi) is 4.15. The number of carbonyl (C=O) groups is 1. The summed E-state index contributed by atoms with van der Waals surface area (Å²) in [5.74, 6) is -1.16. The summed E-state index contributed by atoms with van der Waals surface area (Å²) in [7, 11) is 0. The molecule has 3 rings (SSSR count). The third-order valence-electron chi connectivity index (χ3n) is 3.70. The summed E-state index contributed by atoms with van der Waals surface area (Å²) in [6.07, 6.45) is 0. The van der Waals surface area contributed by atoms with E-state index in [9.17, 15) is 14.0 Å². The fourth-order valence-corrected chi connectivity index (χ4v) is 3.14. The molecule has 2 aromatic heterocycles. The van der Waals surface area contributed by atoms with Gasteiger partial charge in [-0.15, -0.1) is 0 Å². The highest BCUT2D eigenvalue weighted by molar-refractivity contribution is 7.06. The summed E-state index contributed by atoms with van der Waals surface area (Å²) >= 11 is 1.27. The van der Waals surface area contributed by atoms with E-state index in [0.717, 1.165) is 10.9 Å². The lowest BCUT2D eigenvalue weighted by atomic mass is 10.2.